The molecular formula is C27H22ClN3. The van der Waals surface area contributed by atoms with E-state index < -0.39 is 0 Å². The highest BCUT2D eigenvalue weighted by molar-refractivity contribution is 6.28. The lowest BCUT2D eigenvalue weighted by molar-refractivity contribution is 0.353. The number of fused-ring (bicyclic) bond motifs is 5. The van der Waals surface area contributed by atoms with Gasteiger partial charge in [-0.15, -0.1) is 0 Å². The van der Waals surface area contributed by atoms with Crippen LogP contribution in [0.2, 0.25) is 5.28 Å². The molecule has 0 saturated heterocycles. The summed E-state index contributed by atoms with van der Waals surface area (Å²) in [5, 5.41) is 0.216. The van der Waals surface area contributed by atoms with E-state index in [1.165, 1.54) is 54.4 Å². The Hall–Kier alpha value is -3.04. The number of rotatable bonds is 2. The Bertz CT molecular complexity index is 1280. The van der Waals surface area contributed by atoms with Gasteiger partial charge in [-0.05, 0) is 52.8 Å². The van der Waals surface area contributed by atoms with Crippen LogP contribution in [-0.2, 0) is 5.41 Å². The number of hydrogen-bond donors (Lipinski definition) is 0. The third-order valence-electron chi connectivity index (χ3n) is 6.87. The highest BCUT2D eigenvalue weighted by Gasteiger charge is 2.43. The molecule has 0 radical (unpaired) electrons. The van der Waals surface area contributed by atoms with Crippen LogP contribution in [0.3, 0.4) is 0 Å². The molecule has 6 rings (SSSR count). The summed E-state index contributed by atoms with van der Waals surface area (Å²) in [6.45, 7) is 0. The lowest BCUT2D eigenvalue weighted by Gasteiger charge is -2.35. The minimum atomic E-state index is 0.161. The predicted molar refractivity (Wildman–Crippen MR) is 125 cm³/mol. The summed E-state index contributed by atoms with van der Waals surface area (Å²) in [4.78, 5) is 13.6. The molecule has 1 heterocycles. The quantitative estimate of drug-likeness (QED) is 0.345. The Balaban J connectivity index is 1.50. The summed E-state index contributed by atoms with van der Waals surface area (Å²) in [5.74, 6) is 1.21. The van der Waals surface area contributed by atoms with Crippen molar-refractivity contribution < 1.29 is 0 Å². The molecule has 4 heteroatoms. The molecule has 0 atom stereocenters. The van der Waals surface area contributed by atoms with Crippen molar-refractivity contribution in [2.24, 2.45) is 0 Å². The largest absolute Gasteiger partial charge is 0.226 e. The number of halogens is 1. The molecule has 0 amide bonds. The number of hydrogen-bond acceptors (Lipinski definition) is 3. The predicted octanol–water partition coefficient (Wildman–Crippen LogP) is 7.09. The fourth-order valence-corrected chi connectivity index (χ4v) is 5.65. The van der Waals surface area contributed by atoms with Gasteiger partial charge >= 0.3 is 0 Å². The van der Waals surface area contributed by atoms with Gasteiger partial charge in [-0.25, -0.2) is 4.98 Å². The fourth-order valence-electron chi connectivity index (χ4n) is 5.49. The monoisotopic (exact) mass is 423 g/mol. The summed E-state index contributed by atoms with van der Waals surface area (Å²) in [6, 6.07) is 25.5. The fraction of sp³-hybridized carbons (Fsp3) is 0.222. The zero-order valence-electron chi connectivity index (χ0n) is 17.2. The molecule has 1 saturated carbocycles. The van der Waals surface area contributed by atoms with Crippen LogP contribution in [0.1, 0.15) is 43.2 Å². The van der Waals surface area contributed by atoms with E-state index in [4.69, 9.17) is 16.6 Å². The SMILES string of the molecule is Clc1nc(-c2ccccc2)nc(-c2ccc3c(c2)-c2ccccc2C32CCCCC2)n1. The summed E-state index contributed by atoms with van der Waals surface area (Å²) in [5.41, 5.74) is 7.68. The Morgan fingerprint density at radius 2 is 1.29 bits per heavy atom. The van der Waals surface area contributed by atoms with Crippen LogP contribution in [-0.4, -0.2) is 15.0 Å². The zero-order chi connectivity index (χ0) is 20.8. The second-order valence-corrected chi connectivity index (χ2v) is 8.90. The van der Waals surface area contributed by atoms with Gasteiger partial charge in [0.15, 0.2) is 11.6 Å². The maximum atomic E-state index is 6.30. The smallest absolute Gasteiger partial charge is 0.208 e. The van der Waals surface area contributed by atoms with E-state index in [-0.39, 0.29) is 10.7 Å². The Kier molecular flexibility index (Phi) is 4.39. The number of nitrogens with zero attached hydrogens (tertiary/aromatic N) is 3. The van der Waals surface area contributed by atoms with Crippen molar-refractivity contribution in [1.82, 2.24) is 15.0 Å². The van der Waals surface area contributed by atoms with E-state index in [9.17, 15) is 0 Å². The van der Waals surface area contributed by atoms with Crippen LogP contribution in [0.5, 0.6) is 0 Å². The maximum Gasteiger partial charge on any atom is 0.226 e. The molecule has 3 nitrogen and oxygen atoms in total. The lowest BCUT2D eigenvalue weighted by atomic mass is 9.68. The van der Waals surface area contributed by atoms with Gasteiger partial charge in [-0.2, -0.15) is 9.97 Å². The van der Waals surface area contributed by atoms with Crippen LogP contribution in [0.25, 0.3) is 33.9 Å². The molecule has 31 heavy (non-hydrogen) atoms. The van der Waals surface area contributed by atoms with E-state index >= 15 is 0 Å². The summed E-state index contributed by atoms with van der Waals surface area (Å²) < 4.78 is 0. The molecule has 0 unspecified atom stereocenters. The topological polar surface area (TPSA) is 38.7 Å². The lowest BCUT2D eigenvalue weighted by Crippen LogP contribution is -2.27. The Labute approximate surface area is 187 Å². The van der Waals surface area contributed by atoms with E-state index in [2.05, 4.69) is 52.4 Å². The Morgan fingerprint density at radius 1 is 0.613 bits per heavy atom. The molecule has 2 aliphatic rings. The number of aromatic nitrogens is 3. The molecule has 3 aromatic carbocycles. The van der Waals surface area contributed by atoms with E-state index in [1.807, 2.05) is 30.3 Å². The first kappa shape index (κ1) is 18.7. The second kappa shape index (κ2) is 7.28. The maximum absolute atomic E-state index is 6.30. The average molecular weight is 424 g/mol. The third kappa shape index (κ3) is 2.99. The van der Waals surface area contributed by atoms with Gasteiger partial charge in [0.25, 0.3) is 0 Å². The van der Waals surface area contributed by atoms with Gasteiger partial charge in [-0.3, -0.25) is 0 Å². The summed E-state index contributed by atoms with van der Waals surface area (Å²) in [7, 11) is 0. The molecule has 1 fully saturated rings. The number of benzene rings is 3. The molecule has 2 aliphatic carbocycles. The van der Waals surface area contributed by atoms with Crippen molar-refractivity contribution in [3.63, 3.8) is 0 Å². The minimum absolute atomic E-state index is 0.161. The first-order chi connectivity index (χ1) is 15.2. The van der Waals surface area contributed by atoms with Gasteiger partial charge in [0.2, 0.25) is 5.28 Å². The molecule has 1 aromatic heterocycles. The molecule has 1 spiro atoms. The Morgan fingerprint density at radius 3 is 2.10 bits per heavy atom. The van der Waals surface area contributed by atoms with Crippen molar-refractivity contribution in [3.8, 4) is 33.9 Å². The molecule has 4 aromatic rings. The van der Waals surface area contributed by atoms with Crippen molar-refractivity contribution in [2.75, 3.05) is 0 Å². The van der Waals surface area contributed by atoms with E-state index in [1.54, 1.807) is 0 Å². The highest BCUT2D eigenvalue weighted by Crippen LogP contribution is 2.56. The normalized spacial score (nSPS) is 16.2. The molecule has 0 N–H and O–H groups in total. The second-order valence-electron chi connectivity index (χ2n) is 8.57. The summed E-state index contributed by atoms with van der Waals surface area (Å²) >= 11 is 6.30. The first-order valence-electron chi connectivity index (χ1n) is 11.0. The van der Waals surface area contributed by atoms with Crippen molar-refractivity contribution >= 4 is 11.6 Å². The van der Waals surface area contributed by atoms with Crippen molar-refractivity contribution in [1.29, 1.82) is 0 Å². The first-order valence-corrected chi connectivity index (χ1v) is 11.3. The minimum Gasteiger partial charge on any atom is -0.208 e. The zero-order valence-corrected chi connectivity index (χ0v) is 17.9. The van der Waals surface area contributed by atoms with Crippen LogP contribution in [0.15, 0.2) is 72.8 Å². The van der Waals surface area contributed by atoms with Crippen LogP contribution < -0.4 is 0 Å². The average Bonchev–Trinajstić information content (AvgIpc) is 3.09. The van der Waals surface area contributed by atoms with Gasteiger partial charge in [0, 0.05) is 16.5 Å². The molecular weight excluding hydrogens is 402 g/mol. The van der Waals surface area contributed by atoms with E-state index in [0.29, 0.717) is 11.6 Å². The van der Waals surface area contributed by atoms with Crippen molar-refractivity contribution in [3.05, 3.63) is 89.2 Å². The van der Waals surface area contributed by atoms with Gasteiger partial charge in [0.05, 0.1) is 0 Å². The highest BCUT2D eigenvalue weighted by atomic mass is 35.5. The van der Waals surface area contributed by atoms with Gasteiger partial charge in [0.1, 0.15) is 0 Å². The molecule has 0 bridgehead atoms. The third-order valence-corrected chi connectivity index (χ3v) is 7.04. The van der Waals surface area contributed by atoms with Crippen LogP contribution in [0.4, 0.5) is 0 Å². The van der Waals surface area contributed by atoms with Gasteiger partial charge in [-0.1, -0.05) is 86.0 Å². The van der Waals surface area contributed by atoms with E-state index in [0.717, 1.165) is 11.1 Å². The van der Waals surface area contributed by atoms with Crippen LogP contribution in [0, 0.1) is 0 Å². The van der Waals surface area contributed by atoms with Gasteiger partial charge < -0.3 is 0 Å². The molecule has 152 valence electrons. The summed E-state index contributed by atoms with van der Waals surface area (Å²) in [6.07, 6.45) is 6.37. The van der Waals surface area contributed by atoms with Crippen molar-refractivity contribution in [2.45, 2.75) is 37.5 Å². The van der Waals surface area contributed by atoms with Crippen LogP contribution >= 0.6 is 11.6 Å². The molecule has 0 aliphatic heterocycles. The standard InChI is InChI=1S/C27H22ClN3/c28-26-30-24(18-9-3-1-4-10-18)29-25(31-26)19-13-14-23-21(17-19)20-11-5-6-12-22(20)27(23)15-7-2-8-16-27/h1,3-6,9-14,17H,2,7-8,15-16H2.